The van der Waals surface area contributed by atoms with Crippen LogP contribution in [-0.4, -0.2) is 33.1 Å². The number of benzene rings is 1. The third-order valence-electron chi connectivity index (χ3n) is 2.99. The Balaban J connectivity index is 0.00000162. The Kier molecular flexibility index (Phi) is 5.44. The van der Waals surface area contributed by atoms with Crippen LogP contribution in [0.25, 0.3) is 0 Å². The molecule has 1 saturated heterocycles. The van der Waals surface area contributed by atoms with E-state index in [4.69, 9.17) is 4.74 Å². The zero-order chi connectivity index (χ0) is 12.3. The molecule has 1 heterocycles. The molecular weight excluding hydrogens is 274 g/mol. The molecule has 102 valence electrons. The van der Waals surface area contributed by atoms with Gasteiger partial charge in [-0.2, -0.15) is 0 Å². The van der Waals surface area contributed by atoms with Crippen molar-refractivity contribution >= 4 is 22.2 Å². The number of halogens is 1. The minimum absolute atomic E-state index is 0. The Hall–Kier alpha value is -0.780. The van der Waals surface area contributed by atoms with Gasteiger partial charge < -0.3 is 10.1 Å². The van der Waals surface area contributed by atoms with Crippen LogP contribution in [0.4, 0.5) is 0 Å². The van der Waals surface area contributed by atoms with E-state index in [1.165, 1.54) is 0 Å². The summed E-state index contributed by atoms with van der Waals surface area (Å²) in [4.78, 5) is 0. The fraction of sp³-hybridized carbons (Fsp3) is 0.500. The van der Waals surface area contributed by atoms with Gasteiger partial charge in [0.1, 0.15) is 5.75 Å². The molecule has 0 spiro atoms. The van der Waals surface area contributed by atoms with Crippen molar-refractivity contribution < 1.29 is 13.2 Å². The zero-order valence-corrected chi connectivity index (χ0v) is 11.9. The molecule has 1 fully saturated rings. The number of rotatable bonds is 4. The molecule has 1 aliphatic rings. The molecule has 0 aromatic heterocycles. The summed E-state index contributed by atoms with van der Waals surface area (Å²) in [6, 6.07) is 7.87. The summed E-state index contributed by atoms with van der Waals surface area (Å²) < 4.78 is 27.6. The van der Waals surface area contributed by atoms with Gasteiger partial charge in [-0.05, 0) is 24.1 Å². The first-order chi connectivity index (χ1) is 8.09. The zero-order valence-electron chi connectivity index (χ0n) is 10.3. The number of ether oxygens (including phenoxy) is 1. The predicted molar refractivity (Wildman–Crippen MR) is 74.1 cm³/mol. The highest BCUT2D eigenvalue weighted by molar-refractivity contribution is 7.91. The molecular formula is C12H18ClNO3S. The van der Waals surface area contributed by atoms with Crippen molar-refractivity contribution in [1.29, 1.82) is 0 Å². The highest BCUT2D eigenvalue weighted by Gasteiger charge is 2.27. The minimum Gasteiger partial charge on any atom is -0.497 e. The van der Waals surface area contributed by atoms with Gasteiger partial charge in [-0.15, -0.1) is 12.4 Å². The van der Waals surface area contributed by atoms with Crippen LogP contribution in [0.3, 0.4) is 0 Å². The third-order valence-corrected chi connectivity index (χ3v) is 4.75. The van der Waals surface area contributed by atoms with E-state index in [1.807, 2.05) is 24.3 Å². The van der Waals surface area contributed by atoms with E-state index in [-0.39, 0.29) is 24.2 Å². The summed E-state index contributed by atoms with van der Waals surface area (Å²) in [6.45, 7) is 0.699. The second-order valence-electron chi connectivity index (χ2n) is 4.33. The fourth-order valence-corrected chi connectivity index (χ4v) is 3.67. The Morgan fingerprint density at radius 1 is 1.33 bits per heavy atom. The smallest absolute Gasteiger partial charge is 0.151 e. The van der Waals surface area contributed by atoms with E-state index in [9.17, 15) is 8.42 Å². The molecule has 1 aliphatic heterocycles. The van der Waals surface area contributed by atoms with Gasteiger partial charge in [0.05, 0.1) is 18.6 Å². The number of methoxy groups -OCH3 is 1. The van der Waals surface area contributed by atoms with Crippen molar-refractivity contribution in [1.82, 2.24) is 5.32 Å². The predicted octanol–water partition coefficient (Wildman–Crippen LogP) is 1.39. The lowest BCUT2D eigenvalue weighted by Gasteiger charge is -2.10. The van der Waals surface area contributed by atoms with Crippen LogP contribution in [-0.2, 0) is 16.4 Å². The van der Waals surface area contributed by atoms with Crippen molar-refractivity contribution in [2.75, 3.05) is 18.6 Å². The maximum absolute atomic E-state index is 11.3. The first-order valence-electron chi connectivity index (χ1n) is 5.66. The Morgan fingerprint density at radius 2 is 2.00 bits per heavy atom. The van der Waals surface area contributed by atoms with Crippen molar-refractivity contribution in [3.05, 3.63) is 29.8 Å². The molecule has 0 amide bonds. The normalized spacial score (nSPS) is 21.3. The Morgan fingerprint density at radius 3 is 2.50 bits per heavy atom. The summed E-state index contributed by atoms with van der Waals surface area (Å²) in [6.07, 6.45) is 0.721. The fourth-order valence-electron chi connectivity index (χ4n) is 1.96. The highest BCUT2D eigenvalue weighted by Crippen LogP contribution is 2.14. The van der Waals surface area contributed by atoms with E-state index in [1.54, 1.807) is 7.11 Å². The molecule has 0 radical (unpaired) electrons. The molecule has 4 nitrogen and oxygen atoms in total. The number of nitrogens with one attached hydrogen (secondary N) is 1. The van der Waals surface area contributed by atoms with Gasteiger partial charge in [0, 0.05) is 12.6 Å². The lowest BCUT2D eigenvalue weighted by Crippen LogP contribution is -2.29. The third kappa shape index (κ3) is 4.15. The maximum atomic E-state index is 11.3. The van der Waals surface area contributed by atoms with E-state index in [0.717, 1.165) is 17.7 Å². The van der Waals surface area contributed by atoms with Gasteiger partial charge in [0.2, 0.25) is 0 Å². The van der Waals surface area contributed by atoms with Crippen molar-refractivity contribution in [3.8, 4) is 5.75 Å². The number of hydrogen-bond donors (Lipinski definition) is 1. The van der Waals surface area contributed by atoms with Crippen LogP contribution in [0.2, 0.25) is 0 Å². The van der Waals surface area contributed by atoms with Crippen molar-refractivity contribution in [2.45, 2.75) is 19.0 Å². The summed E-state index contributed by atoms with van der Waals surface area (Å²) in [5.41, 5.74) is 1.13. The molecule has 0 aliphatic carbocycles. The summed E-state index contributed by atoms with van der Waals surface area (Å²) in [5, 5.41) is 3.27. The molecule has 1 atom stereocenters. The number of sulfone groups is 1. The first kappa shape index (κ1) is 15.3. The van der Waals surface area contributed by atoms with Gasteiger partial charge in [-0.3, -0.25) is 0 Å². The van der Waals surface area contributed by atoms with Crippen LogP contribution in [0.1, 0.15) is 12.0 Å². The molecule has 0 saturated carbocycles. The first-order valence-corrected chi connectivity index (χ1v) is 7.48. The quantitative estimate of drug-likeness (QED) is 0.911. The largest absolute Gasteiger partial charge is 0.497 e. The van der Waals surface area contributed by atoms with E-state index in [2.05, 4.69) is 5.32 Å². The van der Waals surface area contributed by atoms with Gasteiger partial charge in [0.25, 0.3) is 0 Å². The summed E-state index contributed by atoms with van der Waals surface area (Å²) >= 11 is 0. The molecule has 1 aromatic carbocycles. The Bertz CT molecular complexity index is 473. The van der Waals surface area contributed by atoms with Crippen LogP contribution in [0.5, 0.6) is 5.75 Å². The molecule has 1 unspecified atom stereocenters. The van der Waals surface area contributed by atoms with Crippen LogP contribution < -0.4 is 10.1 Å². The van der Waals surface area contributed by atoms with Gasteiger partial charge >= 0.3 is 0 Å². The van der Waals surface area contributed by atoms with Gasteiger partial charge in [-0.1, -0.05) is 12.1 Å². The van der Waals surface area contributed by atoms with Crippen LogP contribution in [0.15, 0.2) is 24.3 Å². The standard InChI is InChI=1S/C12H17NO3S.ClH/c1-16-12-4-2-10(3-5-12)8-13-11-6-7-17(14,15)9-11;/h2-5,11,13H,6-9H2,1H3;1H. The van der Waals surface area contributed by atoms with Crippen molar-refractivity contribution in [2.24, 2.45) is 0 Å². The van der Waals surface area contributed by atoms with Gasteiger partial charge in [0.15, 0.2) is 9.84 Å². The Labute approximate surface area is 114 Å². The van der Waals surface area contributed by atoms with E-state index >= 15 is 0 Å². The molecule has 1 aromatic rings. The van der Waals surface area contributed by atoms with Gasteiger partial charge in [-0.25, -0.2) is 8.42 Å². The molecule has 6 heteroatoms. The minimum atomic E-state index is -2.79. The lowest BCUT2D eigenvalue weighted by molar-refractivity contribution is 0.414. The second-order valence-corrected chi connectivity index (χ2v) is 6.56. The van der Waals surface area contributed by atoms with Crippen LogP contribution >= 0.6 is 12.4 Å². The highest BCUT2D eigenvalue weighted by atomic mass is 35.5. The SMILES string of the molecule is COc1ccc(CNC2CCS(=O)(=O)C2)cc1.Cl. The lowest BCUT2D eigenvalue weighted by atomic mass is 10.2. The molecule has 0 bridgehead atoms. The molecule has 18 heavy (non-hydrogen) atoms. The number of hydrogen-bond acceptors (Lipinski definition) is 4. The molecule has 1 N–H and O–H groups in total. The van der Waals surface area contributed by atoms with Crippen molar-refractivity contribution in [3.63, 3.8) is 0 Å². The topological polar surface area (TPSA) is 55.4 Å². The summed E-state index contributed by atoms with van der Waals surface area (Å²) in [7, 11) is -1.16. The van der Waals surface area contributed by atoms with E-state index < -0.39 is 9.84 Å². The average molecular weight is 292 g/mol. The van der Waals surface area contributed by atoms with Crippen LogP contribution in [0, 0.1) is 0 Å². The maximum Gasteiger partial charge on any atom is 0.151 e. The monoisotopic (exact) mass is 291 g/mol. The second kappa shape index (κ2) is 6.41. The summed E-state index contributed by atoms with van der Waals surface area (Å²) in [5.74, 6) is 1.41. The molecule has 2 rings (SSSR count). The average Bonchev–Trinajstić information content (AvgIpc) is 2.67. The van der Waals surface area contributed by atoms with E-state index in [0.29, 0.717) is 12.3 Å².